The van der Waals surface area contributed by atoms with Crippen molar-refractivity contribution < 1.29 is 25.0 Å². The van der Waals surface area contributed by atoms with E-state index in [1.54, 1.807) is 0 Å². The molecule has 0 saturated heterocycles. The van der Waals surface area contributed by atoms with Gasteiger partial charge in [0.05, 0.1) is 0 Å². The van der Waals surface area contributed by atoms with Gasteiger partial charge in [-0.05, 0) is 0 Å². The van der Waals surface area contributed by atoms with E-state index in [1.807, 2.05) is 0 Å². The fourth-order valence-corrected chi connectivity index (χ4v) is 0. The summed E-state index contributed by atoms with van der Waals surface area (Å²) in [6, 6.07) is 0. The van der Waals surface area contributed by atoms with Gasteiger partial charge in [0.1, 0.15) is 0 Å². The van der Waals surface area contributed by atoms with Gasteiger partial charge in [0.2, 0.25) is 0 Å². The van der Waals surface area contributed by atoms with Crippen LogP contribution in [0.3, 0.4) is 0 Å². The van der Waals surface area contributed by atoms with Crippen LogP contribution in [-0.2, 0) is 25.0 Å². The SMILES string of the molecule is [Ga+3].[N-3].[O-2].[Zn+2]. The summed E-state index contributed by atoms with van der Waals surface area (Å²) in [5.74, 6) is 0. The van der Waals surface area contributed by atoms with E-state index < -0.39 is 0 Å². The molecule has 0 N–H and O–H groups in total. The molecule has 0 aliphatic rings. The molecule has 0 aromatic heterocycles. The summed E-state index contributed by atoms with van der Waals surface area (Å²) in [4.78, 5) is 0. The van der Waals surface area contributed by atoms with Crippen molar-refractivity contribution in [2.45, 2.75) is 0 Å². The summed E-state index contributed by atoms with van der Waals surface area (Å²) in [5.41, 5.74) is 0. The van der Waals surface area contributed by atoms with Crippen molar-refractivity contribution in [1.82, 2.24) is 0 Å². The van der Waals surface area contributed by atoms with E-state index in [4.69, 9.17) is 0 Å². The molecule has 0 aromatic carbocycles. The van der Waals surface area contributed by atoms with Crippen LogP contribution in [-0.4, -0.2) is 19.8 Å². The second kappa shape index (κ2) is 30.4. The number of hydrogen-bond acceptors (Lipinski definition) is 0. The normalized spacial score (nSPS) is 0. The first-order valence-electron chi connectivity index (χ1n) is 0. The third-order valence-electron chi connectivity index (χ3n) is 0. The number of nitrogens with zero attached hydrogens (tertiary/aromatic N) is 1. The maximum Gasteiger partial charge on any atom is 3.00 e. The molecular formula is GaNOZn. The number of rotatable bonds is 0. The Kier molecular flexibility index (Phi) is 494. The molecule has 0 heterocycles. The Morgan fingerprint density at radius 1 is 1.00 bits per heavy atom. The quantitative estimate of drug-likeness (QED) is 0.446. The Hall–Kier alpha value is 1.18. The molecule has 0 atom stereocenters. The van der Waals surface area contributed by atoms with Crippen LogP contribution in [0.1, 0.15) is 0 Å². The van der Waals surface area contributed by atoms with Crippen LogP contribution in [0.5, 0.6) is 0 Å². The second-order valence-electron chi connectivity index (χ2n) is 0. The molecule has 0 amide bonds. The molecule has 0 aromatic rings. The predicted molar refractivity (Wildman–Crippen MR) is 9.80 cm³/mol. The zero-order chi connectivity index (χ0) is 0. The van der Waals surface area contributed by atoms with Gasteiger partial charge >= 0.3 is 39.3 Å². The summed E-state index contributed by atoms with van der Waals surface area (Å²) < 4.78 is 0. The van der Waals surface area contributed by atoms with E-state index in [0.717, 1.165) is 0 Å². The molecular weight excluding hydrogens is 165 g/mol. The molecule has 4 heteroatoms. The molecule has 0 radical (unpaired) electrons. The Morgan fingerprint density at radius 2 is 1.00 bits per heavy atom. The summed E-state index contributed by atoms with van der Waals surface area (Å²) in [7, 11) is 0. The summed E-state index contributed by atoms with van der Waals surface area (Å²) in [6.45, 7) is 0. The molecule has 16 valence electrons. The zero-order valence-electron chi connectivity index (χ0n) is 2.14. The molecule has 0 saturated carbocycles. The molecule has 0 fully saturated rings. The smallest absolute Gasteiger partial charge is 3.00 e. The minimum absolute atomic E-state index is 0. The third kappa shape index (κ3) is 10.9. The van der Waals surface area contributed by atoms with Gasteiger partial charge in [0.15, 0.2) is 0 Å². The van der Waals surface area contributed by atoms with Gasteiger partial charge in [0.25, 0.3) is 0 Å². The number of hydrogen-bond donors (Lipinski definition) is 0. The first-order chi connectivity index (χ1) is 0. The molecule has 0 aliphatic carbocycles. The standard InChI is InChI=1S/Ga.N.O.Zn/q+3;-3;-2;+2. The molecule has 0 unspecified atom stereocenters. The van der Waals surface area contributed by atoms with Gasteiger partial charge < -0.3 is 11.6 Å². The Balaban J connectivity index is 0. The maximum absolute atomic E-state index is 0. The van der Waals surface area contributed by atoms with E-state index in [-0.39, 0.29) is 50.9 Å². The fourth-order valence-electron chi connectivity index (χ4n) is 0. The van der Waals surface area contributed by atoms with Crippen LogP contribution >= 0.6 is 0 Å². The van der Waals surface area contributed by atoms with Crippen molar-refractivity contribution in [1.29, 1.82) is 0 Å². The largest absolute Gasteiger partial charge is 3.00 e. The van der Waals surface area contributed by atoms with E-state index in [9.17, 15) is 0 Å². The first kappa shape index (κ1) is 65.0. The minimum Gasteiger partial charge on any atom is -3.00 e. The zero-order valence-corrected chi connectivity index (χ0v) is 7.53. The Bertz CT molecular complexity index is 8.00. The van der Waals surface area contributed by atoms with E-state index in [1.165, 1.54) is 0 Å². The monoisotopic (exact) mass is 163 g/mol. The minimum atomic E-state index is 0. The van der Waals surface area contributed by atoms with Crippen molar-refractivity contribution in [3.8, 4) is 0 Å². The van der Waals surface area contributed by atoms with Crippen molar-refractivity contribution in [2.75, 3.05) is 0 Å². The van der Waals surface area contributed by atoms with Crippen molar-refractivity contribution in [3.63, 3.8) is 0 Å². The van der Waals surface area contributed by atoms with Crippen LogP contribution in [0.25, 0.3) is 6.15 Å². The van der Waals surface area contributed by atoms with E-state index >= 15 is 0 Å². The summed E-state index contributed by atoms with van der Waals surface area (Å²) in [6.07, 6.45) is 0. The predicted octanol–water partition coefficient (Wildman–Crippen LogP) is -0.213. The third-order valence-corrected chi connectivity index (χ3v) is 0. The average molecular weight is 165 g/mol. The van der Waals surface area contributed by atoms with Crippen molar-refractivity contribution in [2.24, 2.45) is 0 Å². The van der Waals surface area contributed by atoms with Gasteiger partial charge in [-0.2, -0.15) is 0 Å². The van der Waals surface area contributed by atoms with Crippen LogP contribution in [0, 0.1) is 0 Å². The van der Waals surface area contributed by atoms with E-state index in [0.29, 0.717) is 0 Å². The average Bonchev–Trinajstić information content (AvgIpc) is 0. The van der Waals surface area contributed by atoms with Crippen LogP contribution in [0.15, 0.2) is 0 Å². The molecule has 0 rings (SSSR count). The fraction of sp³-hybridized carbons (Fsp3) is 0. The van der Waals surface area contributed by atoms with Gasteiger partial charge in [-0.25, -0.2) is 0 Å². The topological polar surface area (TPSA) is 59.0 Å². The van der Waals surface area contributed by atoms with Crippen LogP contribution < -0.4 is 0 Å². The molecule has 0 aliphatic heterocycles. The molecule has 0 spiro atoms. The van der Waals surface area contributed by atoms with Crippen molar-refractivity contribution >= 4 is 19.8 Å². The molecule has 2 nitrogen and oxygen atoms in total. The first-order valence-corrected chi connectivity index (χ1v) is 0. The van der Waals surface area contributed by atoms with E-state index in [2.05, 4.69) is 0 Å². The molecule has 0 bridgehead atoms. The van der Waals surface area contributed by atoms with Gasteiger partial charge in [-0.3, -0.25) is 0 Å². The maximum atomic E-state index is 0. The van der Waals surface area contributed by atoms with Gasteiger partial charge in [0, 0.05) is 0 Å². The second-order valence-corrected chi connectivity index (χ2v) is 0. The van der Waals surface area contributed by atoms with Crippen molar-refractivity contribution in [3.05, 3.63) is 6.15 Å². The Morgan fingerprint density at radius 3 is 1.00 bits per heavy atom. The van der Waals surface area contributed by atoms with Gasteiger partial charge in [-0.1, -0.05) is 0 Å². The van der Waals surface area contributed by atoms with Gasteiger partial charge in [-0.15, -0.1) is 0 Å². The molecule has 4 heavy (non-hydrogen) atoms. The van der Waals surface area contributed by atoms with Crippen LogP contribution in [0.4, 0.5) is 0 Å². The van der Waals surface area contributed by atoms with Crippen LogP contribution in [0.2, 0.25) is 0 Å². The Labute approximate surface area is 51.0 Å². The summed E-state index contributed by atoms with van der Waals surface area (Å²) in [5, 5.41) is 0. The summed E-state index contributed by atoms with van der Waals surface area (Å²) >= 11 is 0.